The van der Waals surface area contributed by atoms with E-state index in [-0.39, 0.29) is 0 Å². The Hall–Kier alpha value is -3.53. The number of allylic oxidation sites excluding steroid dienone is 1. The van der Waals surface area contributed by atoms with Crippen LogP contribution in [0.5, 0.6) is 0 Å². The van der Waals surface area contributed by atoms with Gasteiger partial charge in [0, 0.05) is 16.5 Å². The summed E-state index contributed by atoms with van der Waals surface area (Å²) >= 11 is 0. The molecule has 1 aliphatic rings. The molecule has 0 radical (unpaired) electrons. The maximum Gasteiger partial charge on any atom is 0.220 e. The van der Waals surface area contributed by atoms with Crippen LogP contribution in [0.2, 0.25) is 0 Å². The van der Waals surface area contributed by atoms with Crippen molar-refractivity contribution in [1.82, 2.24) is 14.0 Å². The molecule has 0 amide bonds. The summed E-state index contributed by atoms with van der Waals surface area (Å²) in [5, 5.41) is 2.21. The highest BCUT2D eigenvalue weighted by Gasteiger charge is 2.21. The first-order valence-electron chi connectivity index (χ1n) is 9.28. The third-order valence-corrected chi connectivity index (χ3v) is 5.53. The Balaban J connectivity index is 1.82. The van der Waals surface area contributed by atoms with Gasteiger partial charge in [0.2, 0.25) is 5.78 Å². The summed E-state index contributed by atoms with van der Waals surface area (Å²) < 4.78 is 4.55. The van der Waals surface area contributed by atoms with Gasteiger partial charge in [0.25, 0.3) is 0 Å². The Bertz CT molecular complexity index is 1380. The lowest BCUT2D eigenvalue weighted by Gasteiger charge is -2.11. The highest BCUT2D eigenvalue weighted by atomic mass is 15.2. The predicted molar refractivity (Wildman–Crippen MR) is 111 cm³/mol. The number of para-hydroxylation sites is 2. The normalized spacial score (nSPS) is 13.6. The molecular formula is C23H18N4. The zero-order chi connectivity index (χ0) is 18.0. The molecule has 0 unspecified atom stereocenters. The van der Waals surface area contributed by atoms with E-state index < -0.39 is 0 Å². The first kappa shape index (κ1) is 14.6. The Morgan fingerprint density at radius 3 is 2.52 bits per heavy atom. The van der Waals surface area contributed by atoms with Crippen molar-refractivity contribution in [3.63, 3.8) is 0 Å². The van der Waals surface area contributed by atoms with Crippen LogP contribution >= 0.6 is 0 Å². The molecular weight excluding hydrogens is 332 g/mol. The fraction of sp³-hybridized carbons (Fsp3) is 0.0870. The largest absolute Gasteiger partial charge is 0.398 e. The molecule has 5 aromatic rings. The van der Waals surface area contributed by atoms with Crippen LogP contribution in [0.4, 0.5) is 5.69 Å². The standard InChI is InChI=1S/C23H18N4/c24-17-13-14-19(16-8-2-1-7-15(16)17)26-21-11-5-6-12-22(21)27-20-10-4-3-9-18(20)25-23(26)27/h1-2,4-8,10-14H,3,9,24H2. The lowest BCUT2D eigenvalue weighted by molar-refractivity contribution is 0.940. The number of nitrogen functional groups attached to an aromatic ring is 1. The van der Waals surface area contributed by atoms with E-state index in [1.54, 1.807) is 0 Å². The van der Waals surface area contributed by atoms with Crippen molar-refractivity contribution in [2.45, 2.75) is 12.8 Å². The number of fused-ring (bicyclic) bond motifs is 6. The van der Waals surface area contributed by atoms with Gasteiger partial charge in [0.15, 0.2) is 0 Å². The van der Waals surface area contributed by atoms with Crippen molar-refractivity contribution in [3.8, 4) is 5.69 Å². The molecule has 130 valence electrons. The van der Waals surface area contributed by atoms with Gasteiger partial charge in [-0.3, -0.25) is 8.97 Å². The summed E-state index contributed by atoms with van der Waals surface area (Å²) in [6.45, 7) is 0. The predicted octanol–water partition coefficient (Wildman–Crippen LogP) is 4.97. The molecule has 0 bridgehead atoms. The minimum atomic E-state index is 0.799. The van der Waals surface area contributed by atoms with Crippen LogP contribution in [0, 0.1) is 0 Å². The molecule has 2 aromatic heterocycles. The second-order valence-electron chi connectivity index (χ2n) is 7.06. The quantitative estimate of drug-likeness (QED) is 0.434. The molecule has 4 nitrogen and oxygen atoms in total. The summed E-state index contributed by atoms with van der Waals surface area (Å²) in [5.41, 5.74) is 12.8. The maximum absolute atomic E-state index is 6.24. The number of nitrogens with two attached hydrogens (primary N) is 1. The van der Waals surface area contributed by atoms with Crippen LogP contribution in [0.25, 0.3) is 39.3 Å². The van der Waals surface area contributed by atoms with Crippen molar-refractivity contribution in [2.24, 2.45) is 0 Å². The lowest BCUT2D eigenvalue weighted by Crippen LogP contribution is -1.98. The molecule has 0 fully saturated rings. The van der Waals surface area contributed by atoms with Gasteiger partial charge in [-0.2, -0.15) is 0 Å². The van der Waals surface area contributed by atoms with E-state index in [9.17, 15) is 0 Å². The molecule has 0 atom stereocenters. The molecule has 27 heavy (non-hydrogen) atoms. The molecule has 3 aromatic carbocycles. The van der Waals surface area contributed by atoms with Crippen LogP contribution in [0.15, 0.2) is 66.7 Å². The van der Waals surface area contributed by atoms with Crippen molar-refractivity contribution < 1.29 is 0 Å². The van der Waals surface area contributed by atoms with Gasteiger partial charge in [-0.15, -0.1) is 0 Å². The Morgan fingerprint density at radius 1 is 0.852 bits per heavy atom. The number of rotatable bonds is 1. The van der Waals surface area contributed by atoms with Crippen LogP contribution in [0.1, 0.15) is 17.8 Å². The van der Waals surface area contributed by atoms with Gasteiger partial charge in [-0.25, -0.2) is 4.98 Å². The number of aromatic nitrogens is 3. The molecule has 0 spiro atoms. The first-order chi connectivity index (χ1) is 13.3. The van der Waals surface area contributed by atoms with E-state index >= 15 is 0 Å². The van der Waals surface area contributed by atoms with E-state index in [2.05, 4.69) is 69.7 Å². The van der Waals surface area contributed by atoms with Gasteiger partial charge in [-0.1, -0.05) is 42.5 Å². The maximum atomic E-state index is 6.24. The van der Waals surface area contributed by atoms with Crippen LogP contribution in [0.3, 0.4) is 0 Å². The Kier molecular flexibility index (Phi) is 2.84. The van der Waals surface area contributed by atoms with Gasteiger partial charge < -0.3 is 5.73 Å². The highest BCUT2D eigenvalue weighted by Crippen LogP contribution is 2.34. The molecule has 2 N–H and O–H groups in total. The number of imidazole rings is 2. The lowest BCUT2D eigenvalue weighted by atomic mass is 10.1. The first-order valence-corrected chi connectivity index (χ1v) is 9.28. The smallest absolute Gasteiger partial charge is 0.220 e. The number of benzene rings is 3. The van der Waals surface area contributed by atoms with Crippen LogP contribution in [-0.4, -0.2) is 14.0 Å². The van der Waals surface area contributed by atoms with E-state index in [1.807, 2.05) is 12.1 Å². The summed E-state index contributed by atoms with van der Waals surface area (Å²) in [6, 6.07) is 20.9. The Morgan fingerprint density at radius 2 is 1.63 bits per heavy atom. The molecule has 6 rings (SSSR count). The van der Waals surface area contributed by atoms with Crippen molar-refractivity contribution >= 4 is 39.3 Å². The second-order valence-corrected chi connectivity index (χ2v) is 7.06. The van der Waals surface area contributed by atoms with E-state index in [4.69, 9.17) is 10.7 Å². The Labute approximate surface area is 156 Å². The second kappa shape index (κ2) is 5.24. The molecule has 1 aliphatic carbocycles. The molecule has 4 heteroatoms. The average molecular weight is 350 g/mol. The highest BCUT2D eigenvalue weighted by molar-refractivity contribution is 6.00. The fourth-order valence-corrected chi connectivity index (χ4v) is 4.31. The van der Waals surface area contributed by atoms with Crippen molar-refractivity contribution in [1.29, 1.82) is 0 Å². The topological polar surface area (TPSA) is 48.2 Å². The third kappa shape index (κ3) is 1.90. The van der Waals surface area contributed by atoms with Gasteiger partial charge in [0.1, 0.15) is 0 Å². The fourth-order valence-electron chi connectivity index (χ4n) is 4.31. The third-order valence-electron chi connectivity index (χ3n) is 5.53. The number of hydrogen-bond donors (Lipinski definition) is 1. The minimum Gasteiger partial charge on any atom is -0.398 e. The summed E-state index contributed by atoms with van der Waals surface area (Å²) in [5.74, 6) is 0.961. The molecule has 0 saturated carbocycles. The average Bonchev–Trinajstić information content (AvgIpc) is 3.23. The van der Waals surface area contributed by atoms with Crippen LogP contribution in [-0.2, 0) is 6.42 Å². The van der Waals surface area contributed by atoms with Crippen molar-refractivity contribution in [3.05, 3.63) is 78.1 Å². The van der Waals surface area contributed by atoms with Crippen LogP contribution < -0.4 is 5.73 Å². The molecule has 2 heterocycles. The minimum absolute atomic E-state index is 0.799. The summed E-state index contributed by atoms with van der Waals surface area (Å²) in [4.78, 5) is 5.04. The van der Waals surface area contributed by atoms with Gasteiger partial charge >= 0.3 is 0 Å². The number of hydrogen-bond acceptors (Lipinski definition) is 2. The van der Waals surface area contributed by atoms with Gasteiger partial charge in [-0.05, 0) is 43.2 Å². The number of nitrogens with zero attached hydrogens (tertiary/aromatic N) is 3. The molecule has 0 saturated heterocycles. The zero-order valence-corrected chi connectivity index (χ0v) is 14.8. The van der Waals surface area contributed by atoms with Gasteiger partial charge in [0.05, 0.1) is 28.1 Å². The van der Waals surface area contributed by atoms with E-state index in [0.717, 1.165) is 46.3 Å². The van der Waals surface area contributed by atoms with E-state index in [1.165, 1.54) is 16.9 Å². The number of aryl methyl sites for hydroxylation is 1. The summed E-state index contributed by atoms with van der Waals surface area (Å²) in [6.07, 6.45) is 6.48. The summed E-state index contributed by atoms with van der Waals surface area (Å²) in [7, 11) is 0. The zero-order valence-electron chi connectivity index (χ0n) is 14.8. The molecule has 0 aliphatic heterocycles. The van der Waals surface area contributed by atoms with Crippen molar-refractivity contribution in [2.75, 3.05) is 5.73 Å². The monoisotopic (exact) mass is 350 g/mol. The SMILES string of the molecule is Nc1ccc(-n2c3ccccc3n3c4c(nc23)CCC=C4)c2ccccc12. The van der Waals surface area contributed by atoms with E-state index in [0.29, 0.717) is 0 Å². The number of anilines is 1.